The van der Waals surface area contributed by atoms with Gasteiger partial charge in [0.25, 0.3) is 0 Å². The molecule has 3 heterocycles. The average Bonchev–Trinajstić information content (AvgIpc) is 3.38. The molecule has 4 rings (SSSR count). The van der Waals surface area contributed by atoms with E-state index in [4.69, 9.17) is 9.72 Å². The van der Waals surface area contributed by atoms with Crippen LogP contribution in [0.5, 0.6) is 5.06 Å². The molecule has 0 fully saturated rings. The predicted octanol–water partition coefficient (Wildman–Crippen LogP) is 5.04. The maximum atomic E-state index is 5.77. The summed E-state index contributed by atoms with van der Waals surface area (Å²) in [4.78, 5) is 10.3. The van der Waals surface area contributed by atoms with Crippen LogP contribution in [0.2, 0.25) is 0 Å². The van der Waals surface area contributed by atoms with Gasteiger partial charge in [-0.2, -0.15) is 0 Å². The molecule has 0 saturated carbocycles. The Morgan fingerprint density at radius 1 is 1.19 bits per heavy atom. The van der Waals surface area contributed by atoms with E-state index < -0.39 is 0 Å². The third-order valence-corrected chi connectivity index (χ3v) is 5.97. The van der Waals surface area contributed by atoms with Crippen LogP contribution in [0.4, 0.5) is 0 Å². The fourth-order valence-electron chi connectivity index (χ4n) is 2.86. The summed E-state index contributed by atoms with van der Waals surface area (Å²) in [6, 6.07) is 10.5. The van der Waals surface area contributed by atoms with Gasteiger partial charge in [-0.3, -0.25) is 0 Å². The molecule has 0 amide bonds. The minimum atomic E-state index is 0.511. The van der Waals surface area contributed by atoms with Crippen LogP contribution in [0.15, 0.2) is 47.3 Å². The van der Waals surface area contributed by atoms with E-state index in [-0.39, 0.29) is 0 Å². The topological polar surface area (TPSA) is 41.2 Å². The number of aromatic nitrogens is 2. The molecule has 6 heteroatoms. The van der Waals surface area contributed by atoms with Crippen molar-refractivity contribution in [2.24, 2.45) is 0 Å². The third-order valence-electron chi connectivity index (χ3n) is 4.25. The van der Waals surface area contributed by atoms with E-state index in [2.05, 4.69) is 53.8 Å². The molecule has 4 nitrogen and oxygen atoms in total. The number of hydrogen-bond donors (Lipinski definition) is 1. The van der Waals surface area contributed by atoms with E-state index in [1.54, 1.807) is 22.7 Å². The fourth-order valence-corrected chi connectivity index (χ4v) is 4.24. The molecule has 1 aromatic carbocycles. The third kappa shape index (κ3) is 3.82. The van der Waals surface area contributed by atoms with Gasteiger partial charge >= 0.3 is 0 Å². The Kier molecular flexibility index (Phi) is 5.06. The molecule has 26 heavy (non-hydrogen) atoms. The summed E-state index contributed by atoms with van der Waals surface area (Å²) >= 11 is 3.27. The van der Waals surface area contributed by atoms with E-state index in [0.29, 0.717) is 6.61 Å². The molecule has 0 atom stereocenters. The number of thiophene rings is 1. The molecule has 134 valence electrons. The van der Waals surface area contributed by atoms with Crippen LogP contribution in [0.1, 0.15) is 11.3 Å². The Bertz CT molecular complexity index is 986. The monoisotopic (exact) mass is 383 g/mol. The van der Waals surface area contributed by atoms with E-state index in [1.807, 2.05) is 17.5 Å². The molecule has 0 bridgehead atoms. The summed E-state index contributed by atoms with van der Waals surface area (Å²) in [5, 5.41) is 7.35. The number of ether oxygens (including phenoxy) is 1. The lowest BCUT2D eigenvalue weighted by Gasteiger charge is -2.08. The quantitative estimate of drug-likeness (QED) is 0.486. The number of likely N-dealkylation sites (N-methyl/N-ethyl adjacent to an activating group) is 1. The molecule has 3 aromatic heterocycles. The van der Waals surface area contributed by atoms with Crippen molar-refractivity contribution in [3.63, 3.8) is 0 Å². The number of nitrogens with one attached hydrogen (secondary N) is 1. The maximum absolute atomic E-state index is 5.77. The Labute approximate surface area is 161 Å². The molecule has 0 aliphatic carbocycles. The van der Waals surface area contributed by atoms with Gasteiger partial charge in [-0.25, -0.2) is 4.98 Å². The molecule has 1 N–H and O–H groups in total. The van der Waals surface area contributed by atoms with E-state index in [9.17, 15) is 0 Å². The van der Waals surface area contributed by atoms with Gasteiger partial charge in [-0.1, -0.05) is 0 Å². The van der Waals surface area contributed by atoms with Gasteiger partial charge in [0.15, 0.2) is 5.06 Å². The van der Waals surface area contributed by atoms with Crippen LogP contribution in [-0.4, -0.2) is 35.5 Å². The van der Waals surface area contributed by atoms with Crippen LogP contribution in [0.25, 0.3) is 21.5 Å². The number of fused-ring (bicyclic) bond motifs is 1. The van der Waals surface area contributed by atoms with Gasteiger partial charge in [0, 0.05) is 34.6 Å². The van der Waals surface area contributed by atoms with Gasteiger partial charge in [-0.05, 0) is 61.8 Å². The minimum Gasteiger partial charge on any atom is -0.478 e. The van der Waals surface area contributed by atoms with Gasteiger partial charge in [0.1, 0.15) is 11.6 Å². The maximum Gasteiger partial charge on any atom is 0.174 e. The first kappa shape index (κ1) is 17.3. The van der Waals surface area contributed by atoms with Crippen molar-refractivity contribution in [2.75, 3.05) is 20.6 Å². The molecule has 0 radical (unpaired) electrons. The summed E-state index contributed by atoms with van der Waals surface area (Å²) in [6.45, 7) is 1.55. The van der Waals surface area contributed by atoms with E-state index >= 15 is 0 Å². The van der Waals surface area contributed by atoms with Crippen molar-refractivity contribution < 1.29 is 4.74 Å². The molecular formula is C20H21N3OS2. The van der Waals surface area contributed by atoms with Crippen molar-refractivity contribution in [3.8, 4) is 15.6 Å². The SMILES string of the molecule is CN(C)CCc1c[nH]c2ccc(-c3nc(COc4cccs4)cs3)cc12. The van der Waals surface area contributed by atoms with E-state index in [1.165, 1.54) is 16.5 Å². The molecule has 0 saturated heterocycles. The Hall–Kier alpha value is -2.15. The second-order valence-corrected chi connectivity index (χ2v) is 8.26. The highest BCUT2D eigenvalue weighted by atomic mass is 32.1. The number of aromatic amines is 1. The number of hydrogen-bond acceptors (Lipinski definition) is 5. The summed E-state index contributed by atoms with van der Waals surface area (Å²) in [6.07, 6.45) is 3.16. The molecule has 0 aliphatic heterocycles. The summed E-state index contributed by atoms with van der Waals surface area (Å²) < 4.78 is 5.77. The summed E-state index contributed by atoms with van der Waals surface area (Å²) in [5.41, 5.74) is 4.67. The molecule has 0 aliphatic rings. The lowest BCUT2D eigenvalue weighted by atomic mass is 10.1. The number of rotatable bonds is 7. The van der Waals surface area contributed by atoms with Crippen LogP contribution in [0, 0.1) is 0 Å². The molecule has 0 unspecified atom stereocenters. The predicted molar refractivity (Wildman–Crippen MR) is 110 cm³/mol. The van der Waals surface area contributed by atoms with Crippen molar-refractivity contribution in [2.45, 2.75) is 13.0 Å². The highest BCUT2D eigenvalue weighted by Gasteiger charge is 2.10. The van der Waals surface area contributed by atoms with Gasteiger partial charge < -0.3 is 14.6 Å². The average molecular weight is 384 g/mol. The first-order chi connectivity index (χ1) is 12.7. The van der Waals surface area contributed by atoms with Crippen molar-refractivity contribution >= 4 is 33.6 Å². The van der Waals surface area contributed by atoms with Crippen LogP contribution >= 0.6 is 22.7 Å². The number of benzene rings is 1. The number of H-pyrrole nitrogens is 1. The first-order valence-electron chi connectivity index (χ1n) is 8.55. The second kappa shape index (κ2) is 7.61. The van der Waals surface area contributed by atoms with Crippen LogP contribution in [0.3, 0.4) is 0 Å². The number of nitrogens with zero attached hydrogens (tertiary/aromatic N) is 2. The van der Waals surface area contributed by atoms with Crippen molar-refractivity contribution in [1.29, 1.82) is 0 Å². The minimum absolute atomic E-state index is 0.511. The smallest absolute Gasteiger partial charge is 0.174 e. The lowest BCUT2D eigenvalue weighted by molar-refractivity contribution is 0.311. The Balaban J connectivity index is 1.53. The summed E-state index contributed by atoms with van der Waals surface area (Å²) in [5.74, 6) is 0. The normalized spacial score (nSPS) is 11.5. The molecular weight excluding hydrogens is 362 g/mol. The zero-order valence-corrected chi connectivity index (χ0v) is 16.5. The second-order valence-electron chi connectivity index (χ2n) is 6.49. The van der Waals surface area contributed by atoms with Crippen LogP contribution < -0.4 is 4.74 Å². The van der Waals surface area contributed by atoms with Gasteiger partial charge in [0.05, 0.1) is 5.69 Å². The highest BCUT2D eigenvalue weighted by molar-refractivity contribution is 7.13. The van der Waals surface area contributed by atoms with Crippen LogP contribution in [-0.2, 0) is 13.0 Å². The van der Waals surface area contributed by atoms with Crippen molar-refractivity contribution in [3.05, 3.63) is 58.5 Å². The standard InChI is InChI=1S/C20H21N3OS2/c1-23(2)8-7-15-11-21-18-6-5-14(10-17(15)18)20-22-16(13-26-20)12-24-19-4-3-9-25-19/h3-6,9-11,13,21H,7-8,12H2,1-2H3. The lowest BCUT2D eigenvalue weighted by Crippen LogP contribution is -2.14. The van der Waals surface area contributed by atoms with Gasteiger partial charge in [0.2, 0.25) is 0 Å². The van der Waals surface area contributed by atoms with E-state index in [0.717, 1.165) is 34.3 Å². The molecule has 0 spiro atoms. The number of thiazole rings is 1. The fraction of sp³-hybridized carbons (Fsp3) is 0.250. The molecule has 4 aromatic rings. The Morgan fingerprint density at radius 3 is 2.92 bits per heavy atom. The zero-order chi connectivity index (χ0) is 17.9. The van der Waals surface area contributed by atoms with Crippen molar-refractivity contribution in [1.82, 2.24) is 14.9 Å². The zero-order valence-electron chi connectivity index (χ0n) is 14.9. The first-order valence-corrected chi connectivity index (χ1v) is 10.3. The Morgan fingerprint density at radius 2 is 2.12 bits per heavy atom. The highest BCUT2D eigenvalue weighted by Crippen LogP contribution is 2.29. The summed E-state index contributed by atoms with van der Waals surface area (Å²) in [7, 11) is 4.21. The van der Waals surface area contributed by atoms with Gasteiger partial charge in [-0.15, -0.1) is 22.7 Å². The largest absolute Gasteiger partial charge is 0.478 e.